The number of rotatable bonds is 5. The molecule has 8 heteroatoms. The Kier molecular flexibility index (Phi) is 5.95. The third-order valence-electron chi connectivity index (χ3n) is 5.45. The summed E-state index contributed by atoms with van der Waals surface area (Å²) in [5.74, 6) is -0.374. The highest BCUT2D eigenvalue weighted by Gasteiger charge is 2.43. The molecule has 1 saturated carbocycles. The first-order valence-corrected chi connectivity index (χ1v) is 9.30. The Bertz CT molecular complexity index is 660. The number of alkyl halides is 3. The first-order valence-electron chi connectivity index (χ1n) is 9.30. The number of phenols is 1. The van der Waals surface area contributed by atoms with Crippen LogP contribution in [0.5, 0.6) is 5.75 Å². The average Bonchev–Trinajstić information content (AvgIpc) is 2.93. The molecule has 1 saturated heterocycles. The largest absolute Gasteiger partial charge is 0.508 e. The number of amides is 1. The van der Waals surface area contributed by atoms with E-state index in [-0.39, 0.29) is 24.4 Å². The summed E-state index contributed by atoms with van der Waals surface area (Å²) in [7, 11) is 0. The molecule has 1 unspecified atom stereocenters. The zero-order valence-corrected chi connectivity index (χ0v) is 15.0. The zero-order chi connectivity index (χ0) is 19.6. The summed E-state index contributed by atoms with van der Waals surface area (Å²) in [4.78, 5) is 15.5. The van der Waals surface area contributed by atoms with E-state index in [0.717, 1.165) is 10.5 Å². The lowest BCUT2D eigenvalue weighted by molar-refractivity contribution is -0.159. The SMILES string of the molecule is O=C1C(N(Cc2cccc(O)c2)C2CCC(O)CC2)CCN1CC(F)(F)F. The number of carbonyl (C=O) groups is 1. The van der Waals surface area contributed by atoms with Gasteiger partial charge < -0.3 is 15.1 Å². The molecule has 2 aliphatic rings. The normalized spacial score (nSPS) is 26.8. The van der Waals surface area contributed by atoms with Crippen LogP contribution in [0.15, 0.2) is 24.3 Å². The van der Waals surface area contributed by atoms with Crippen LogP contribution in [0, 0.1) is 0 Å². The van der Waals surface area contributed by atoms with E-state index >= 15 is 0 Å². The Morgan fingerprint density at radius 1 is 1.15 bits per heavy atom. The van der Waals surface area contributed by atoms with Gasteiger partial charge in [0.2, 0.25) is 5.91 Å². The van der Waals surface area contributed by atoms with E-state index in [1.54, 1.807) is 18.2 Å². The zero-order valence-electron chi connectivity index (χ0n) is 15.0. The van der Waals surface area contributed by atoms with Crippen LogP contribution in [0.2, 0.25) is 0 Å². The van der Waals surface area contributed by atoms with Crippen molar-refractivity contribution in [2.24, 2.45) is 0 Å². The topological polar surface area (TPSA) is 64.0 Å². The maximum atomic E-state index is 12.7. The predicted octanol–water partition coefficient (Wildman–Crippen LogP) is 2.66. The molecule has 0 aromatic heterocycles. The Hall–Kier alpha value is -1.80. The van der Waals surface area contributed by atoms with Gasteiger partial charge in [0.1, 0.15) is 12.3 Å². The molecule has 0 radical (unpaired) electrons. The number of likely N-dealkylation sites (tertiary alicyclic amines) is 1. The van der Waals surface area contributed by atoms with Crippen molar-refractivity contribution in [2.75, 3.05) is 13.1 Å². The molecule has 27 heavy (non-hydrogen) atoms. The smallest absolute Gasteiger partial charge is 0.406 e. The molecule has 3 rings (SSSR count). The van der Waals surface area contributed by atoms with E-state index < -0.39 is 24.7 Å². The number of aliphatic hydroxyl groups is 1. The van der Waals surface area contributed by atoms with Gasteiger partial charge in [0.15, 0.2) is 0 Å². The van der Waals surface area contributed by atoms with Crippen LogP contribution in [0.1, 0.15) is 37.7 Å². The van der Waals surface area contributed by atoms with Gasteiger partial charge >= 0.3 is 6.18 Å². The summed E-state index contributed by atoms with van der Waals surface area (Å²) in [6.45, 7) is -0.744. The van der Waals surface area contributed by atoms with E-state index in [2.05, 4.69) is 0 Å². The third kappa shape index (κ3) is 5.13. The average molecular weight is 386 g/mol. The lowest BCUT2D eigenvalue weighted by Crippen LogP contribution is -2.49. The molecule has 5 nitrogen and oxygen atoms in total. The summed E-state index contributed by atoms with van der Waals surface area (Å²) < 4.78 is 38.2. The van der Waals surface area contributed by atoms with Crippen LogP contribution in [-0.4, -0.2) is 63.4 Å². The van der Waals surface area contributed by atoms with Gasteiger partial charge in [-0.2, -0.15) is 13.2 Å². The lowest BCUT2D eigenvalue weighted by Gasteiger charge is -2.39. The Morgan fingerprint density at radius 3 is 2.48 bits per heavy atom. The van der Waals surface area contributed by atoms with E-state index in [0.29, 0.717) is 38.6 Å². The molecule has 0 bridgehead atoms. The summed E-state index contributed by atoms with van der Waals surface area (Å²) in [5.41, 5.74) is 0.809. The van der Waals surface area contributed by atoms with Crippen molar-refractivity contribution < 1.29 is 28.2 Å². The van der Waals surface area contributed by atoms with Gasteiger partial charge in [-0.3, -0.25) is 9.69 Å². The van der Waals surface area contributed by atoms with Crippen molar-refractivity contribution in [3.8, 4) is 5.75 Å². The van der Waals surface area contributed by atoms with Crippen LogP contribution in [0.3, 0.4) is 0 Å². The fourth-order valence-corrected chi connectivity index (χ4v) is 4.15. The highest BCUT2D eigenvalue weighted by atomic mass is 19.4. The van der Waals surface area contributed by atoms with E-state index in [1.165, 1.54) is 0 Å². The molecule has 1 heterocycles. The van der Waals surface area contributed by atoms with Gasteiger partial charge in [0.05, 0.1) is 12.1 Å². The molecular weight excluding hydrogens is 361 g/mol. The van der Waals surface area contributed by atoms with Gasteiger partial charge in [-0.1, -0.05) is 12.1 Å². The monoisotopic (exact) mass is 386 g/mol. The molecule has 150 valence electrons. The predicted molar refractivity (Wildman–Crippen MR) is 93.0 cm³/mol. The van der Waals surface area contributed by atoms with E-state index in [9.17, 15) is 28.2 Å². The van der Waals surface area contributed by atoms with Crippen molar-refractivity contribution in [3.63, 3.8) is 0 Å². The number of halogens is 3. The van der Waals surface area contributed by atoms with Crippen LogP contribution in [-0.2, 0) is 11.3 Å². The quantitative estimate of drug-likeness (QED) is 0.817. The minimum Gasteiger partial charge on any atom is -0.508 e. The number of phenolic OH excluding ortho intramolecular Hbond substituents is 1. The second-order valence-corrected chi connectivity index (χ2v) is 7.48. The molecule has 1 aromatic rings. The number of aromatic hydroxyl groups is 1. The highest BCUT2D eigenvalue weighted by Crippen LogP contribution is 2.31. The summed E-state index contributed by atoms with van der Waals surface area (Å²) in [6, 6.07) is 6.12. The van der Waals surface area contributed by atoms with Crippen molar-refractivity contribution >= 4 is 5.91 Å². The van der Waals surface area contributed by atoms with Gasteiger partial charge in [-0.05, 0) is 49.8 Å². The van der Waals surface area contributed by atoms with Gasteiger partial charge in [0.25, 0.3) is 0 Å². The summed E-state index contributed by atoms with van der Waals surface area (Å²) in [6.07, 6.45) is -1.78. The highest BCUT2D eigenvalue weighted by molar-refractivity contribution is 5.84. The molecular formula is C19H25F3N2O3. The number of benzene rings is 1. The van der Waals surface area contributed by atoms with Gasteiger partial charge in [-0.15, -0.1) is 0 Å². The molecule has 2 fully saturated rings. The second-order valence-electron chi connectivity index (χ2n) is 7.48. The Morgan fingerprint density at radius 2 is 1.85 bits per heavy atom. The summed E-state index contributed by atoms with van der Waals surface area (Å²) >= 11 is 0. The van der Waals surface area contributed by atoms with Gasteiger partial charge in [-0.25, -0.2) is 0 Å². The fourth-order valence-electron chi connectivity index (χ4n) is 4.15. The van der Waals surface area contributed by atoms with Gasteiger partial charge in [0, 0.05) is 19.1 Å². The van der Waals surface area contributed by atoms with Crippen molar-refractivity contribution in [3.05, 3.63) is 29.8 Å². The maximum Gasteiger partial charge on any atom is 0.406 e. The van der Waals surface area contributed by atoms with Crippen LogP contribution in [0.25, 0.3) is 0 Å². The van der Waals surface area contributed by atoms with Crippen molar-refractivity contribution in [1.29, 1.82) is 0 Å². The molecule has 2 N–H and O–H groups in total. The Labute approximate surface area is 156 Å². The maximum absolute atomic E-state index is 12.7. The number of nitrogens with zero attached hydrogens (tertiary/aromatic N) is 2. The third-order valence-corrected chi connectivity index (χ3v) is 5.45. The van der Waals surface area contributed by atoms with E-state index in [1.807, 2.05) is 11.0 Å². The number of carbonyl (C=O) groups excluding carboxylic acids is 1. The van der Waals surface area contributed by atoms with Crippen LogP contribution >= 0.6 is 0 Å². The second kappa shape index (κ2) is 8.06. The number of hydrogen-bond acceptors (Lipinski definition) is 4. The minimum absolute atomic E-state index is 0.0236. The molecule has 1 amide bonds. The number of aliphatic hydroxyl groups excluding tert-OH is 1. The molecule has 0 spiro atoms. The molecule has 1 aliphatic heterocycles. The first kappa shape index (κ1) is 19.9. The first-order chi connectivity index (χ1) is 12.7. The summed E-state index contributed by atoms with van der Waals surface area (Å²) in [5, 5.41) is 19.5. The van der Waals surface area contributed by atoms with E-state index in [4.69, 9.17) is 0 Å². The van der Waals surface area contributed by atoms with Crippen molar-refractivity contribution in [1.82, 2.24) is 9.80 Å². The minimum atomic E-state index is -4.41. The van der Waals surface area contributed by atoms with Crippen molar-refractivity contribution in [2.45, 2.75) is 63.0 Å². The molecule has 1 aliphatic carbocycles. The standard InChI is InChI=1S/C19H25F3N2O3/c20-19(21,22)12-23-9-8-17(18(23)27)24(14-4-6-15(25)7-5-14)11-13-2-1-3-16(26)10-13/h1-3,10,14-15,17,25-26H,4-9,11-12H2. The lowest BCUT2D eigenvalue weighted by atomic mass is 9.90. The molecule has 1 atom stereocenters. The van der Waals surface area contributed by atoms with Crippen LogP contribution < -0.4 is 0 Å². The number of hydrogen-bond donors (Lipinski definition) is 2. The molecule has 1 aromatic carbocycles. The Balaban J connectivity index is 1.78. The fraction of sp³-hybridized carbons (Fsp3) is 0.632. The van der Waals surface area contributed by atoms with Crippen LogP contribution in [0.4, 0.5) is 13.2 Å².